The van der Waals surface area contributed by atoms with Crippen LogP contribution in [-0.4, -0.2) is 28.7 Å². The van der Waals surface area contributed by atoms with Crippen molar-refractivity contribution in [2.24, 2.45) is 0 Å². The molecule has 4 nitrogen and oxygen atoms in total. The van der Waals surface area contributed by atoms with Crippen LogP contribution in [0.4, 0.5) is 0 Å². The van der Waals surface area contributed by atoms with Gasteiger partial charge in [0, 0.05) is 31.5 Å². The second kappa shape index (κ2) is 7.10. The normalized spacial score (nSPS) is 12.3. The van der Waals surface area contributed by atoms with Crippen molar-refractivity contribution in [3.05, 3.63) is 48.0 Å². The number of aryl methyl sites for hydroxylation is 2. The number of aromatic nitrogens is 2. The van der Waals surface area contributed by atoms with E-state index in [1.165, 1.54) is 5.56 Å². The van der Waals surface area contributed by atoms with Crippen molar-refractivity contribution in [2.75, 3.05) is 13.2 Å². The fourth-order valence-electron chi connectivity index (χ4n) is 1.99. The molecule has 0 saturated carbocycles. The highest BCUT2D eigenvalue weighted by Crippen LogP contribution is 2.11. The van der Waals surface area contributed by atoms with Gasteiger partial charge in [-0.2, -0.15) is 0 Å². The minimum atomic E-state index is 0.320. The summed E-state index contributed by atoms with van der Waals surface area (Å²) in [6.07, 6.45) is 3.84. The number of nitrogens with zero attached hydrogens (tertiary/aromatic N) is 2. The fraction of sp³-hybridized carbons (Fsp3) is 0.438. The van der Waals surface area contributed by atoms with Crippen molar-refractivity contribution < 1.29 is 4.74 Å². The monoisotopic (exact) mass is 273 g/mol. The lowest BCUT2D eigenvalue weighted by molar-refractivity contribution is 0.272. The van der Waals surface area contributed by atoms with Crippen molar-refractivity contribution in [3.8, 4) is 5.75 Å². The standard InChI is InChI=1S/C16H23N3O/c1-13-4-6-16(7-5-13)20-12-14(2)17-8-10-19-11-9-18-15(19)3/h4-7,9,11,14,17H,8,10,12H2,1-3H3. The maximum absolute atomic E-state index is 5.75. The van der Waals surface area contributed by atoms with Crippen molar-refractivity contribution in [1.82, 2.24) is 14.9 Å². The summed E-state index contributed by atoms with van der Waals surface area (Å²) in [5.41, 5.74) is 1.25. The second-order valence-corrected chi connectivity index (χ2v) is 5.15. The van der Waals surface area contributed by atoms with Gasteiger partial charge in [-0.25, -0.2) is 4.98 Å². The highest BCUT2D eigenvalue weighted by molar-refractivity contribution is 5.26. The minimum absolute atomic E-state index is 0.320. The van der Waals surface area contributed by atoms with E-state index < -0.39 is 0 Å². The van der Waals surface area contributed by atoms with Gasteiger partial charge in [-0.15, -0.1) is 0 Å². The molecule has 1 aromatic heterocycles. The molecule has 1 atom stereocenters. The highest BCUT2D eigenvalue weighted by atomic mass is 16.5. The Hall–Kier alpha value is -1.81. The molecule has 1 aromatic carbocycles. The first-order valence-electron chi connectivity index (χ1n) is 7.06. The second-order valence-electron chi connectivity index (χ2n) is 5.15. The number of imidazole rings is 1. The Bertz CT molecular complexity index is 519. The molecule has 0 amide bonds. The number of benzene rings is 1. The van der Waals surface area contributed by atoms with Crippen LogP contribution in [0.25, 0.3) is 0 Å². The summed E-state index contributed by atoms with van der Waals surface area (Å²) in [5.74, 6) is 1.98. The van der Waals surface area contributed by atoms with Crippen LogP contribution in [0.2, 0.25) is 0 Å². The zero-order valence-electron chi connectivity index (χ0n) is 12.5. The first kappa shape index (κ1) is 14.6. The Morgan fingerprint density at radius 1 is 1.25 bits per heavy atom. The molecule has 20 heavy (non-hydrogen) atoms. The Balaban J connectivity index is 1.66. The Morgan fingerprint density at radius 2 is 2.00 bits per heavy atom. The number of ether oxygens (including phenoxy) is 1. The van der Waals surface area contributed by atoms with Crippen molar-refractivity contribution in [1.29, 1.82) is 0 Å². The van der Waals surface area contributed by atoms with E-state index in [1.807, 2.05) is 31.5 Å². The van der Waals surface area contributed by atoms with Gasteiger partial charge in [-0.3, -0.25) is 0 Å². The summed E-state index contributed by atoms with van der Waals surface area (Å²) in [7, 11) is 0. The average Bonchev–Trinajstić information content (AvgIpc) is 2.84. The lowest BCUT2D eigenvalue weighted by Gasteiger charge is -2.15. The SMILES string of the molecule is Cc1ccc(OCC(C)NCCn2ccnc2C)cc1. The summed E-state index contributed by atoms with van der Waals surface area (Å²) in [4.78, 5) is 4.21. The van der Waals surface area contributed by atoms with E-state index in [0.717, 1.165) is 24.7 Å². The van der Waals surface area contributed by atoms with E-state index in [9.17, 15) is 0 Å². The number of hydrogen-bond donors (Lipinski definition) is 1. The van der Waals surface area contributed by atoms with E-state index in [2.05, 4.69) is 40.8 Å². The molecule has 0 aliphatic carbocycles. The van der Waals surface area contributed by atoms with Gasteiger partial charge < -0.3 is 14.6 Å². The zero-order valence-corrected chi connectivity index (χ0v) is 12.5. The first-order valence-corrected chi connectivity index (χ1v) is 7.06. The van der Waals surface area contributed by atoms with Crippen LogP contribution in [0, 0.1) is 13.8 Å². The third-order valence-corrected chi connectivity index (χ3v) is 3.29. The number of rotatable bonds is 7. The number of nitrogens with one attached hydrogen (secondary N) is 1. The smallest absolute Gasteiger partial charge is 0.119 e. The van der Waals surface area contributed by atoms with E-state index in [4.69, 9.17) is 4.74 Å². The molecule has 2 aromatic rings. The van der Waals surface area contributed by atoms with Crippen LogP contribution >= 0.6 is 0 Å². The van der Waals surface area contributed by atoms with Crippen molar-refractivity contribution >= 4 is 0 Å². The molecule has 0 aliphatic heterocycles. The molecule has 0 radical (unpaired) electrons. The van der Waals surface area contributed by atoms with Gasteiger partial charge in [0.25, 0.3) is 0 Å². The van der Waals surface area contributed by atoms with Crippen LogP contribution in [-0.2, 0) is 6.54 Å². The van der Waals surface area contributed by atoms with Crippen molar-refractivity contribution in [3.63, 3.8) is 0 Å². The first-order chi connectivity index (χ1) is 9.65. The van der Waals surface area contributed by atoms with E-state index in [-0.39, 0.29) is 0 Å². The largest absolute Gasteiger partial charge is 0.492 e. The predicted octanol–water partition coefficient (Wildman–Crippen LogP) is 2.56. The van der Waals surface area contributed by atoms with Crippen LogP contribution in [0.15, 0.2) is 36.7 Å². The van der Waals surface area contributed by atoms with E-state index >= 15 is 0 Å². The van der Waals surface area contributed by atoms with Crippen LogP contribution in [0.3, 0.4) is 0 Å². The summed E-state index contributed by atoms with van der Waals surface area (Å²) in [5, 5.41) is 3.46. The topological polar surface area (TPSA) is 39.1 Å². The third-order valence-electron chi connectivity index (χ3n) is 3.29. The van der Waals surface area contributed by atoms with Crippen LogP contribution in [0.5, 0.6) is 5.75 Å². The summed E-state index contributed by atoms with van der Waals surface area (Å²) in [6.45, 7) is 8.74. The summed E-state index contributed by atoms with van der Waals surface area (Å²) in [6, 6.07) is 8.47. The van der Waals surface area contributed by atoms with Gasteiger partial charge in [0.15, 0.2) is 0 Å². The molecule has 108 valence electrons. The maximum Gasteiger partial charge on any atom is 0.119 e. The molecular formula is C16H23N3O. The van der Waals surface area contributed by atoms with Crippen molar-refractivity contribution in [2.45, 2.75) is 33.4 Å². The number of hydrogen-bond acceptors (Lipinski definition) is 3. The van der Waals surface area contributed by atoms with Gasteiger partial charge in [0.2, 0.25) is 0 Å². The molecule has 0 bridgehead atoms. The molecule has 0 aliphatic rings. The van der Waals surface area contributed by atoms with Gasteiger partial charge in [-0.1, -0.05) is 17.7 Å². The predicted molar refractivity (Wildman–Crippen MR) is 81.1 cm³/mol. The Labute approximate surface area is 120 Å². The maximum atomic E-state index is 5.75. The minimum Gasteiger partial charge on any atom is -0.492 e. The zero-order chi connectivity index (χ0) is 14.4. The fourth-order valence-corrected chi connectivity index (χ4v) is 1.99. The molecule has 1 unspecified atom stereocenters. The molecule has 0 spiro atoms. The molecular weight excluding hydrogens is 250 g/mol. The average molecular weight is 273 g/mol. The quantitative estimate of drug-likeness (QED) is 0.842. The molecule has 2 rings (SSSR count). The molecule has 1 heterocycles. The lowest BCUT2D eigenvalue weighted by atomic mass is 10.2. The Morgan fingerprint density at radius 3 is 2.65 bits per heavy atom. The lowest BCUT2D eigenvalue weighted by Crippen LogP contribution is -2.34. The highest BCUT2D eigenvalue weighted by Gasteiger charge is 2.03. The molecule has 0 fully saturated rings. The van der Waals surface area contributed by atoms with Gasteiger partial charge in [0.05, 0.1) is 0 Å². The van der Waals surface area contributed by atoms with Crippen LogP contribution in [0.1, 0.15) is 18.3 Å². The molecule has 1 N–H and O–H groups in total. The Kier molecular flexibility index (Phi) is 5.18. The van der Waals surface area contributed by atoms with Gasteiger partial charge in [0.1, 0.15) is 18.2 Å². The summed E-state index contributed by atoms with van der Waals surface area (Å²) < 4.78 is 7.89. The van der Waals surface area contributed by atoms with Gasteiger partial charge >= 0.3 is 0 Å². The summed E-state index contributed by atoms with van der Waals surface area (Å²) >= 11 is 0. The van der Waals surface area contributed by atoms with E-state index in [0.29, 0.717) is 12.6 Å². The molecule has 4 heteroatoms. The third kappa shape index (κ3) is 4.38. The van der Waals surface area contributed by atoms with Gasteiger partial charge in [-0.05, 0) is 32.9 Å². The van der Waals surface area contributed by atoms with E-state index in [1.54, 1.807) is 0 Å². The van der Waals surface area contributed by atoms with Crippen LogP contribution < -0.4 is 10.1 Å². The molecule has 0 saturated heterocycles.